The van der Waals surface area contributed by atoms with Gasteiger partial charge < -0.3 is 30.4 Å². The van der Waals surface area contributed by atoms with Crippen molar-refractivity contribution in [3.05, 3.63) is 50.7 Å². The van der Waals surface area contributed by atoms with Gasteiger partial charge in [0.2, 0.25) is 0 Å². The van der Waals surface area contributed by atoms with E-state index in [1.165, 1.54) is 25.3 Å². The monoisotopic (exact) mass is 438 g/mol. The number of H-pyrrole nitrogens is 1. The highest BCUT2D eigenvalue weighted by atomic mass is 79.9. The van der Waals surface area contributed by atoms with Gasteiger partial charge in [0.15, 0.2) is 11.5 Å². The highest BCUT2D eigenvalue weighted by Gasteiger charge is 2.27. The summed E-state index contributed by atoms with van der Waals surface area (Å²) in [6, 6.07) is 2.77. The van der Waals surface area contributed by atoms with Crippen LogP contribution >= 0.6 is 15.9 Å². The molecule has 2 rings (SSSR count). The molecule has 0 amide bonds. The van der Waals surface area contributed by atoms with Gasteiger partial charge in [0.25, 0.3) is 5.56 Å². The maximum atomic E-state index is 12.1. The molecule has 0 spiro atoms. The second kappa shape index (κ2) is 7.96. The summed E-state index contributed by atoms with van der Waals surface area (Å²) in [5.74, 6) is -3.07. The third kappa shape index (κ3) is 3.80. The summed E-state index contributed by atoms with van der Waals surface area (Å²) in [6.45, 7) is 3.72. The zero-order valence-corrected chi connectivity index (χ0v) is 15.6. The number of aromatic nitrogens is 1. The number of aromatic carboxylic acids is 2. The summed E-state index contributed by atoms with van der Waals surface area (Å²) in [5, 5.41) is 18.9. The fourth-order valence-electron chi connectivity index (χ4n) is 2.48. The molecule has 1 aromatic carbocycles. The second-order valence-corrected chi connectivity index (χ2v) is 6.05. The number of methoxy groups -OCH3 is 1. The van der Waals surface area contributed by atoms with Crippen LogP contribution in [-0.4, -0.2) is 40.9 Å². The Morgan fingerprint density at radius 3 is 2.44 bits per heavy atom. The molecular formula is C17H15BrN2O7. The van der Waals surface area contributed by atoms with E-state index >= 15 is 0 Å². The van der Waals surface area contributed by atoms with Gasteiger partial charge in [-0.05, 0) is 33.6 Å². The zero-order chi connectivity index (χ0) is 20.3. The molecule has 0 radical (unpaired) electrons. The molecular weight excluding hydrogens is 424 g/mol. The normalized spacial score (nSPS) is 10.3. The van der Waals surface area contributed by atoms with Crippen molar-refractivity contribution in [1.29, 1.82) is 0 Å². The minimum atomic E-state index is -1.60. The number of hydrogen-bond donors (Lipinski definition) is 4. The molecule has 5 N–H and O–H groups in total. The topological polar surface area (TPSA) is 152 Å². The molecule has 0 fully saturated rings. The SMILES string of the molecule is C=CCOc1c(Br)cc(-c2c(C(=O)O)c(N)[nH]c(=O)c2C(=O)O)cc1OC. The lowest BCUT2D eigenvalue weighted by Gasteiger charge is -2.16. The van der Waals surface area contributed by atoms with Gasteiger partial charge in [-0.3, -0.25) is 4.79 Å². The number of halogens is 1. The number of nitrogens with one attached hydrogen (secondary N) is 1. The Hall–Kier alpha value is -3.27. The quantitative estimate of drug-likeness (QED) is 0.480. The molecule has 0 bridgehead atoms. The molecule has 0 aliphatic carbocycles. The molecule has 1 heterocycles. The van der Waals surface area contributed by atoms with Crippen LogP contribution in [0.5, 0.6) is 11.5 Å². The summed E-state index contributed by atoms with van der Waals surface area (Å²) in [4.78, 5) is 37.4. The first kappa shape index (κ1) is 20.0. The first-order valence-corrected chi connectivity index (χ1v) is 8.16. The molecule has 142 valence electrons. The zero-order valence-electron chi connectivity index (χ0n) is 14.0. The van der Waals surface area contributed by atoms with E-state index in [1.54, 1.807) is 0 Å². The fraction of sp³-hybridized carbons (Fsp3) is 0.118. The number of anilines is 1. The van der Waals surface area contributed by atoms with Gasteiger partial charge in [-0.2, -0.15) is 0 Å². The van der Waals surface area contributed by atoms with E-state index in [-0.39, 0.29) is 23.5 Å². The van der Waals surface area contributed by atoms with Crippen LogP contribution in [0.1, 0.15) is 20.7 Å². The lowest BCUT2D eigenvalue weighted by atomic mass is 9.95. The molecule has 9 nitrogen and oxygen atoms in total. The Kier molecular flexibility index (Phi) is 5.91. The number of rotatable bonds is 7. The standard InChI is InChI=1S/C17H15BrN2O7/c1-3-4-27-13-8(18)5-7(6-9(13)26-2)10-11(16(22)23)14(19)20-15(21)12(10)17(24)25/h3,5-6H,1,4H2,2H3,(H,22,23)(H,24,25)(H3,19,20,21). The van der Waals surface area contributed by atoms with Crippen LogP contribution in [0.25, 0.3) is 11.1 Å². The van der Waals surface area contributed by atoms with Crippen LogP contribution in [-0.2, 0) is 0 Å². The first-order valence-electron chi connectivity index (χ1n) is 7.36. The van der Waals surface area contributed by atoms with Crippen molar-refractivity contribution < 1.29 is 29.3 Å². The molecule has 2 aromatic rings. The van der Waals surface area contributed by atoms with Crippen molar-refractivity contribution in [2.24, 2.45) is 0 Å². The molecule has 0 aliphatic heterocycles. The van der Waals surface area contributed by atoms with Gasteiger partial charge in [0, 0.05) is 5.56 Å². The minimum Gasteiger partial charge on any atom is -0.493 e. The summed E-state index contributed by atoms with van der Waals surface area (Å²) < 4.78 is 11.1. The number of benzene rings is 1. The van der Waals surface area contributed by atoms with Gasteiger partial charge in [0.05, 0.1) is 11.6 Å². The van der Waals surface area contributed by atoms with Crippen LogP contribution in [0.4, 0.5) is 5.82 Å². The van der Waals surface area contributed by atoms with Crippen molar-refractivity contribution in [2.75, 3.05) is 19.5 Å². The maximum Gasteiger partial charge on any atom is 0.342 e. The molecule has 27 heavy (non-hydrogen) atoms. The van der Waals surface area contributed by atoms with Crippen LogP contribution in [0.3, 0.4) is 0 Å². The van der Waals surface area contributed by atoms with Crippen molar-refractivity contribution in [2.45, 2.75) is 0 Å². The average Bonchev–Trinajstić information content (AvgIpc) is 2.58. The number of nitrogen functional groups attached to an aromatic ring is 1. The summed E-state index contributed by atoms with van der Waals surface area (Å²) in [7, 11) is 1.36. The fourth-order valence-corrected chi connectivity index (χ4v) is 3.04. The van der Waals surface area contributed by atoms with E-state index in [0.717, 1.165) is 0 Å². The van der Waals surface area contributed by atoms with Gasteiger partial charge >= 0.3 is 11.9 Å². The smallest absolute Gasteiger partial charge is 0.342 e. The third-order valence-corrected chi connectivity index (χ3v) is 4.13. The van der Waals surface area contributed by atoms with Crippen molar-refractivity contribution in [1.82, 2.24) is 4.98 Å². The third-order valence-electron chi connectivity index (χ3n) is 3.54. The van der Waals surface area contributed by atoms with E-state index in [9.17, 15) is 24.6 Å². The van der Waals surface area contributed by atoms with Gasteiger partial charge in [0.1, 0.15) is 23.6 Å². The van der Waals surface area contributed by atoms with Crippen molar-refractivity contribution in [3.8, 4) is 22.6 Å². The Bertz CT molecular complexity index is 998. The number of pyridine rings is 1. The molecule has 10 heteroatoms. The minimum absolute atomic E-state index is 0.0947. The summed E-state index contributed by atoms with van der Waals surface area (Å²) in [6.07, 6.45) is 1.52. The Balaban J connectivity index is 2.91. The predicted molar refractivity (Wildman–Crippen MR) is 101 cm³/mol. The van der Waals surface area contributed by atoms with Gasteiger partial charge in [-0.25, -0.2) is 9.59 Å². The summed E-state index contributed by atoms with van der Waals surface area (Å²) >= 11 is 3.28. The van der Waals surface area contributed by atoms with E-state index in [0.29, 0.717) is 10.2 Å². The Morgan fingerprint density at radius 2 is 1.93 bits per heavy atom. The molecule has 0 aliphatic rings. The van der Waals surface area contributed by atoms with Crippen molar-refractivity contribution >= 4 is 33.7 Å². The number of carboxylic acid groups (broad SMARTS) is 2. The maximum absolute atomic E-state index is 12.1. The predicted octanol–water partition coefficient (Wildman–Crippen LogP) is 2.36. The van der Waals surface area contributed by atoms with Crippen LogP contribution in [0.2, 0.25) is 0 Å². The van der Waals surface area contributed by atoms with Gasteiger partial charge in [-0.1, -0.05) is 12.7 Å². The largest absolute Gasteiger partial charge is 0.493 e. The molecule has 1 aromatic heterocycles. The van der Waals surface area contributed by atoms with Crippen LogP contribution in [0, 0.1) is 0 Å². The number of carboxylic acids is 2. The molecule has 0 unspecified atom stereocenters. The number of carbonyl (C=O) groups is 2. The Morgan fingerprint density at radius 1 is 1.30 bits per heavy atom. The molecule has 0 atom stereocenters. The second-order valence-electron chi connectivity index (χ2n) is 5.19. The number of ether oxygens (including phenoxy) is 2. The highest BCUT2D eigenvalue weighted by Crippen LogP contribution is 2.41. The van der Waals surface area contributed by atoms with Gasteiger partial charge in [-0.15, -0.1) is 0 Å². The molecule has 0 saturated heterocycles. The van der Waals surface area contributed by atoms with Crippen LogP contribution < -0.4 is 20.8 Å². The van der Waals surface area contributed by atoms with E-state index in [4.69, 9.17) is 15.2 Å². The first-order chi connectivity index (χ1) is 12.7. The lowest BCUT2D eigenvalue weighted by molar-refractivity contribution is 0.0695. The summed E-state index contributed by atoms with van der Waals surface area (Å²) in [5.41, 5.74) is 3.06. The molecule has 0 saturated carbocycles. The number of nitrogens with two attached hydrogens (primary N) is 1. The van der Waals surface area contributed by atoms with Crippen LogP contribution in [0.15, 0.2) is 34.1 Å². The van der Waals surface area contributed by atoms with E-state index in [1.807, 2.05) is 4.98 Å². The lowest BCUT2D eigenvalue weighted by Crippen LogP contribution is -2.24. The highest BCUT2D eigenvalue weighted by molar-refractivity contribution is 9.10. The number of hydrogen-bond acceptors (Lipinski definition) is 6. The van der Waals surface area contributed by atoms with Crippen molar-refractivity contribution in [3.63, 3.8) is 0 Å². The van der Waals surface area contributed by atoms with E-state index in [2.05, 4.69) is 22.5 Å². The Labute approximate surface area is 161 Å². The average molecular weight is 439 g/mol. The number of aromatic amines is 1. The van der Waals surface area contributed by atoms with E-state index < -0.39 is 34.4 Å².